The lowest BCUT2D eigenvalue weighted by Crippen LogP contribution is -2.57. The molecule has 5 rings (SSSR count). The van der Waals surface area contributed by atoms with E-state index in [4.69, 9.17) is 4.74 Å². The third kappa shape index (κ3) is 5.95. The van der Waals surface area contributed by atoms with Crippen LogP contribution in [0, 0.1) is 6.92 Å². The number of fused-ring (bicyclic) bond motifs is 1. The molecule has 1 saturated heterocycles. The van der Waals surface area contributed by atoms with Crippen LogP contribution in [0.1, 0.15) is 40.1 Å². The van der Waals surface area contributed by atoms with Crippen molar-refractivity contribution in [1.29, 1.82) is 0 Å². The summed E-state index contributed by atoms with van der Waals surface area (Å²) >= 11 is 1.81. The fourth-order valence-electron chi connectivity index (χ4n) is 5.42. The van der Waals surface area contributed by atoms with E-state index in [9.17, 15) is 9.59 Å². The quantitative estimate of drug-likeness (QED) is 0.470. The van der Waals surface area contributed by atoms with Crippen molar-refractivity contribution in [2.24, 2.45) is 0 Å². The van der Waals surface area contributed by atoms with Crippen molar-refractivity contribution in [2.45, 2.75) is 39.0 Å². The maximum Gasteiger partial charge on any atom is 0.248 e. The minimum Gasteiger partial charge on any atom is -0.367 e. The fourth-order valence-corrected chi connectivity index (χ4v) is 6.32. The zero-order valence-electron chi connectivity index (χ0n) is 21.6. The van der Waals surface area contributed by atoms with E-state index < -0.39 is 0 Å². The summed E-state index contributed by atoms with van der Waals surface area (Å²) in [4.78, 5) is 33.8. The molecular weight excluding hydrogens is 482 g/mol. The third-order valence-corrected chi connectivity index (χ3v) is 8.43. The molecule has 7 heteroatoms. The van der Waals surface area contributed by atoms with Gasteiger partial charge in [0.15, 0.2) is 0 Å². The molecule has 0 aliphatic carbocycles. The molecule has 0 spiro atoms. The Morgan fingerprint density at radius 2 is 1.76 bits per heavy atom. The molecule has 37 heavy (non-hydrogen) atoms. The number of hydrogen-bond acceptors (Lipinski definition) is 5. The number of ether oxygens (including phenoxy) is 1. The molecule has 2 atom stereocenters. The average Bonchev–Trinajstić information content (AvgIpc) is 3.38. The van der Waals surface area contributed by atoms with Gasteiger partial charge in [0.1, 0.15) is 6.61 Å². The van der Waals surface area contributed by atoms with Crippen LogP contribution in [0.2, 0.25) is 0 Å². The molecule has 0 radical (unpaired) electrons. The zero-order valence-corrected chi connectivity index (χ0v) is 22.5. The third-order valence-electron chi connectivity index (χ3n) is 7.43. The molecule has 0 N–H and O–H groups in total. The molecule has 2 aliphatic rings. The molecule has 194 valence electrons. The van der Waals surface area contributed by atoms with Crippen LogP contribution in [-0.4, -0.2) is 71.9 Å². The minimum absolute atomic E-state index is 0.0176. The van der Waals surface area contributed by atoms with Crippen LogP contribution >= 0.6 is 11.3 Å². The normalized spacial score (nSPS) is 20.1. The topological polar surface area (TPSA) is 53.1 Å². The molecule has 0 unspecified atom stereocenters. The molecule has 1 fully saturated rings. The molecule has 0 saturated carbocycles. The Labute approximate surface area is 223 Å². The summed E-state index contributed by atoms with van der Waals surface area (Å²) in [7, 11) is 0. The predicted molar refractivity (Wildman–Crippen MR) is 146 cm³/mol. The van der Waals surface area contributed by atoms with Gasteiger partial charge in [-0.15, -0.1) is 11.3 Å². The van der Waals surface area contributed by atoms with Crippen LogP contribution in [0.25, 0.3) is 0 Å². The number of carbonyl (C=O) groups excluding carboxylic acids is 2. The molecule has 3 heterocycles. The highest BCUT2D eigenvalue weighted by molar-refractivity contribution is 7.10. The molecule has 3 aromatic rings. The van der Waals surface area contributed by atoms with Gasteiger partial charge in [-0.3, -0.25) is 14.5 Å². The second kappa shape index (κ2) is 11.6. The summed E-state index contributed by atoms with van der Waals surface area (Å²) in [5.74, 6) is 0.117. The molecule has 2 aromatic carbocycles. The SMILES string of the molecule is Cc1ccc([C@@H]2c3ccsc3CCN2CC(=O)N2CCN(C(=O)COCc3ccccc3)[C@H](C)C2)cc1. The first-order valence-electron chi connectivity index (χ1n) is 13.1. The van der Waals surface area contributed by atoms with Crippen molar-refractivity contribution in [3.05, 3.63) is 93.2 Å². The van der Waals surface area contributed by atoms with Gasteiger partial charge in [-0.25, -0.2) is 0 Å². The second-order valence-corrected chi connectivity index (χ2v) is 11.1. The number of hydrogen-bond donors (Lipinski definition) is 0. The first-order valence-corrected chi connectivity index (χ1v) is 13.9. The van der Waals surface area contributed by atoms with E-state index in [0.717, 1.165) is 18.5 Å². The monoisotopic (exact) mass is 517 g/mol. The lowest BCUT2D eigenvalue weighted by atomic mass is 9.92. The molecule has 2 amide bonds. The molecular formula is C30H35N3O3S. The summed E-state index contributed by atoms with van der Waals surface area (Å²) in [5.41, 5.74) is 4.85. The van der Waals surface area contributed by atoms with Crippen LogP contribution in [0.4, 0.5) is 0 Å². The van der Waals surface area contributed by atoms with Crippen LogP contribution < -0.4 is 0 Å². The maximum atomic E-state index is 13.5. The Balaban J connectivity index is 1.18. The van der Waals surface area contributed by atoms with Crippen LogP contribution in [0.15, 0.2) is 66.0 Å². The average molecular weight is 518 g/mol. The number of piperazine rings is 1. The van der Waals surface area contributed by atoms with Crippen molar-refractivity contribution in [2.75, 3.05) is 39.3 Å². The Bertz CT molecular complexity index is 1210. The maximum absolute atomic E-state index is 13.5. The molecule has 0 bridgehead atoms. The van der Waals surface area contributed by atoms with Gasteiger partial charge in [0.25, 0.3) is 0 Å². The first-order chi connectivity index (χ1) is 18.0. The van der Waals surface area contributed by atoms with Crippen molar-refractivity contribution >= 4 is 23.2 Å². The summed E-state index contributed by atoms with van der Waals surface area (Å²) < 4.78 is 5.66. The Kier molecular flexibility index (Phi) is 8.03. The van der Waals surface area contributed by atoms with E-state index in [1.165, 1.54) is 21.6 Å². The van der Waals surface area contributed by atoms with E-state index in [-0.39, 0.29) is 30.5 Å². The number of carbonyl (C=O) groups is 2. The molecule has 6 nitrogen and oxygen atoms in total. The van der Waals surface area contributed by atoms with E-state index in [1.54, 1.807) is 0 Å². The Morgan fingerprint density at radius 3 is 2.51 bits per heavy atom. The number of thiophene rings is 1. The van der Waals surface area contributed by atoms with Crippen molar-refractivity contribution in [3.63, 3.8) is 0 Å². The number of nitrogens with zero attached hydrogens (tertiary/aromatic N) is 3. The lowest BCUT2D eigenvalue weighted by molar-refractivity contribution is -0.146. The van der Waals surface area contributed by atoms with E-state index in [2.05, 4.69) is 47.5 Å². The van der Waals surface area contributed by atoms with Crippen LogP contribution in [-0.2, 0) is 27.4 Å². The van der Waals surface area contributed by atoms with Gasteiger partial charge >= 0.3 is 0 Å². The highest BCUT2D eigenvalue weighted by atomic mass is 32.1. The number of rotatable bonds is 7. The van der Waals surface area contributed by atoms with Gasteiger partial charge < -0.3 is 14.5 Å². The minimum atomic E-state index is -0.0387. The standard InChI is InChI=1S/C30H35N3O3S/c1-22-8-10-25(11-9-22)30-26-13-17-37-27(26)12-14-32(30)19-28(34)31-15-16-33(23(2)18-31)29(35)21-36-20-24-6-4-3-5-7-24/h3-11,13,17,23,30H,12,14-16,18-21H2,1-2H3/t23-,30-/m1/s1. The number of amides is 2. The van der Waals surface area contributed by atoms with E-state index >= 15 is 0 Å². The summed E-state index contributed by atoms with van der Waals surface area (Å²) in [6, 6.07) is 20.8. The summed E-state index contributed by atoms with van der Waals surface area (Å²) in [5, 5.41) is 2.17. The predicted octanol–water partition coefficient (Wildman–Crippen LogP) is 4.28. The van der Waals surface area contributed by atoms with Gasteiger partial charge in [-0.2, -0.15) is 0 Å². The van der Waals surface area contributed by atoms with Gasteiger partial charge in [-0.1, -0.05) is 60.2 Å². The van der Waals surface area contributed by atoms with Gasteiger partial charge in [0.05, 0.1) is 19.2 Å². The van der Waals surface area contributed by atoms with E-state index in [1.807, 2.05) is 58.4 Å². The molecule has 2 aliphatic heterocycles. The van der Waals surface area contributed by atoms with Crippen LogP contribution in [0.5, 0.6) is 0 Å². The molecule has 1 aromatic heterocycles. The van der Waals surface area contributed by atoms with Crippen molar-refractivity contribution in [3.8, 4) is 0 Å². The van der Waals surface area contributed by atoms with Crippen LogP contribution in [0.3, 0.4) is 0 Å². The second-order valence-electron chi connectivity index (χ2n) is 10.1. The number of benzene rings is 2. The first kappa shape index (κ1) is 25.6. The van der Waals surface area contributed by atoms with Gasteiger partial charge in [0.2, 0.25) is 11.8 Å². The van der Waals surface area contributed by atoms with Gasteiger partial charge in [-0.05, 0) is 48.4 Å². The largest absolute Gasteiger partial charge is 0.367 e. The number of aryl methyl sites for hydroxylation is 1. The van der Waals surface area contributed by atoms with Gasteiger partial charge in [0, 0.05) is 37.1 Å². The zero-order chi connectivity index (χ0) is 25.8. The van der Waals surface area contributed by atoms with Crippen molar-refractivity contribution < 1.29 is 14.3 Å². The summed E-state index contributed by atoms with van der Waals surface area (Å²) in [6.45, 7) is 7.49. The summed E-state index contributed by atoms with van der Waals surface area (Å²) in [6.07, 6.45) is 0.976. The highest BCUT2D eigenvalue weighted by Crippen LogP contribution is 2.37. The fraction of sp³-hybridized carbons (Fsp3) is 0.400. The van der Waals surface area contributed by atoms with Crippen molar-refractivity contribution in [1.82, 2.24) is 14.7 Å². The Morgan fingerprint density at radius 1 is 0.973 bits per heavy atom. The smallest absolute Gasteiger partial charge is 0.248 e. The Hall–Kier alpha value is -3.00. The highest BCUT2D eigenvalue weighted by Gasteiger charge is 2.34. The lowest BCUT2D eigenvalue weighted by Gasteiger charge is -2.42. The van der Waals surface area contributed by atoms with E-state index in [0.29, 0.717) is 32.8 Å².